The average molecular weight is 294 g/mol. The molecule has 3 rings (SSSR count). The molecule has 1 N–H and O–H groups in total. The van der Waals surface area contributed by atoms with Crippen molar-refractivity contribution in [3.63, 3.8) is 0 Å². The first kappa shape index (κ1) is 13.9. The van der Waals surface area contributed by atoms with Crippen molar-refractivity contribution in [2.45, 2.75) is 0 Å². The summed E-state index contributed by atoms with van der Waals surface area (Å²) < 4.78 is 10.3. The molecule has 2 aromatic rings. The van der Waals surface area contributed by atoms with Crippen LogP contribution in [0.1, 0.15) is 11.1 Å². The van der Waals surface area contributed by atoms with E-state index in [-0.39, 0.29) is 5.75 Å². The number of methoxy groups -OCH3 is 1. The summed E-state index contributed by atoms with van der Waals surface area (Å²) in [5, 5.41) is 9.59. The molecule has 0 fully saturated rings. The van der Waals surface area contributed by atoms with Gasteiger partial charge in [0.05, 0.1) is 12.7 Å². The molecule has 2 aromatic carbocycles. The van der Waals surface area contributed by atoms with Gasteiger partial charge in [0.1, 0.15) is 5.76 Å². The Bertz CT molecular complexity index is 773. The Kier molecular flexibility index (Phi) is 3.66. The molecule has 1 aliphatic heterocycles. The maximum Gasteiger partial charge on any atom is 0.343 e. The summed E-state index contributed by atoms with van der Waals surface area (Å²) in [7, 11) is 1.48. The van der Waals surface area contributed by atoms with E-state index in [2.05, 4.69) is 0 Å². The van der Waals surface area contributed by atoms with Gasteiger partial charge in [-0.15, -0.1) is 0 Å². The lowest BCUT2D eigenvalue weighted by Crippen LogP contribution is -1.97. The van der Waals surface area contributed by atoms with Gasteiger partial charge in [0.15, 0.2) is 11.5 Å². The molecule has 0 spiro atoms. The number of phenolic OH excluding ortho intramolecular Hbond substituents is 1. The van der Waals surface area contributed by atoms with Crippen molar-refractivity contribution in [1.29, 1.82) is 0 Å². The van der Waals surface area contributed by atoms with E-state index in [1.807, 2.05) is 30.3 Å². The molecule has 0 radical (unpaired) electrons. The maximum absolute atomic E-state index is 12.0. The lowest BCUT2D eigenvalue weighted by Gasteiger charge is -2.03. The fourth-order valence-corrected chi connectivity index (χ4v) is 2.20. The number of carbonyl (C=O) groups is 1. The summed E-state index contributed by atoms with van der Waals surface area (Å²) in [5.41, 5.74) is 2.04. The van der Waals surface area contributed by atoms with E-state index in [9.17, 15) is 9.90 Å². The van der Waals surface area contributed by atoms with Gasteiger partial charge in [-0.1, -0.05) is 36.4 Å². The van der Waals surface area contributed by atoms with Crippen LogP contribution in [0.25, 0.3) is 11.8 Å². The van der Waals surface area contributed by atoms with Crippen LogP contribution in [0.5, 0.6) is 11.5 Å². The van der Waals surface area contributed by atoms with Gasteiger partial charge in [0.25, 0.3) is 0 Å². The van der Waals surface area contributed by atoms with E-state index < -0.39 is 5.97 Å². The number of phenols is 1. The molecule has 0 aromatic heterocycles. The number of hydrogen-bond donors (Lipinski definition) is 1. The first-order valence-electron chi connectivity index (χ1n) is 6.75. The van der Waals surface area contributed by atoms with Gasteiger partial charge in [-0.25, -0.2) is 4.79 Å². The summed E-state index contributed by atoms with van der Waals surface area (Å²) >= 11 is 0. The first-order valence-corrected chi connectivity index (χ1v) is 6.75. The van der Waals surface area contributed by atoms with Crippen molar-refractivity contribution in [3.05, 3.63) is 71.3 Å². The molecule has 4 heteroatoms. The monoisotopic (exact) mass is 294 g/mol. The van der Waals surface area contributed by atoms with Crippen LogP contribution >= 0.6 is 0 Å². The number of aromatic hydroxyl groups is 1. The van der Waals surface area contributed by atoms with Crippen molar-refractivity contribution in [2.24, 2.45) is 0 Å². The van der Waals surface area contributed by atoms with Crippen LogP contribution in [-0.2, 0) is 9.53 Å². The lowest BCUT2D eigenvalue weighted by atomic mass is 10.1. The Morgan fingerprint density at radius 1 is 1.14 bits per heavy atom. The molecule has 1 aliphatic rings. The number of carbonyl (C=O) groups excluding carboxylic acids is 1. The normalized spacial score (nSPS) is 15.6. The third kappa shape index (κ3) is 2.72. The van der Waals surface area contributed by atoms with Gasteiger partial charge in [-0.3, -0.25) is 0 Å². The second-order valence-corrected chi connectivity index (χ2v) is 4.80. The molecule has 1 heterocycles. The van der Waals surface area contributed by atoms with Gasteiger partial charge >= 0.3 is 5.97 Å². The minimum atomic E-state index is -0.397. The predicted molar refractivity (Wildman–Crippen MR) is 83.1 cm³/mol. The third-order valence-corrected chi connectivity index (χ3v) is 3.31. The number of rotatable bonds is 3. The zero-order valence-electron chi connectivity index (χ0n) is 11.9. The number of cyclic esters (lactones) is 1. The molecule has 0 saturated carbocycles. The molecule has 22 heavy (non-hydrogen) atoms. The van der Waals surface area contributed by atoms with E-state index >= 15 is 0 Å². The second kappa shape index (κ2) is 5.77. The molecule has 0 aliphatic carbocycles. The summed E-state index contributed by atoms with van der Waals surface area (Å²) in [6.45, 7) is 0. The molecule has 0 bridgehead atoms. The summed E-state index contributed by atoms with van der Waals surface area (Å²) in [4.78, 5) is 12.0. The minimum Gasteiger partial charge on any atom is -0.504 e. The summed E-state index contributed by atoms with van der Waals surface area (Å²) in [6.07, 6.45) is 3.40. The van der Waals surface area contributed by atoms with E-state index in [4.69, 9.17) is 9.47 Å². The van der Waals surface area contributed by atoms with E-state index in [1.54, 1.807) is 24.3 Å². The zero-order valence-corrected chi connectivity index (χ0v) is 11.9. The van der Waals surface area contributed by atoms with Crippen molar-refractivity contribution >= 4 is 17.8 Å². The largest absolute Gasteiger partial charge is 0.504 e. The zero-order chi connectivity index (χ0) is 15.5. The predicted octanol–water partition coefficient (Wildman–Crippen LogP) is 3.38. The van der Waals surface area contributed by atoms with Gasteiger partial charge in [-0.2, -0.15) is 0 Å². The summed E-state index contributed by atoms with van der Waals surface area (Å²) in [6, 6.07) is 14.3. The average Bonchev–Trinajstić information content (AvgIpc) is 2.91. The Morgan fingerprint density at radius 3 is 2.64 bits per heavy atom. The quantitative estimate of drug-likeness (QED) is 0.696. The van der Waals surface area contributed by atoms with E-state index in [0.717, 1.165) is 11.1 Å². The minimum absolute atomic E-state index is 0.0548. The lowest BCUT2D eigenvalue weighted by molar-refractivity contribution is -0.130. The van der Waals surface area contributed by atoms with Gasteiger partial charge in [0, 0.05) is 5.56 Å². The molecule has 0 saturated heterocycles. The Hall–Kier alpha value is -3.01. The van der Waals surface area contributed by atoms with E-state index in [0.29, 0.717) is 17.1 Å². The molecule has 0 atom stereocenters. The highest BCUT2D eigenvalue weighted by Gasteiger charge is 2.21. The maximum atomic E-state index is 12.0. The highest BCUT2D eigenvalue weighted by atomic mass is 16.5. The fraction of sp³-hybridized carbons (Fsp3) is 0.0556. The number of ether oxygens (including phenoxy) is 2. The molecule has 0 unspecified atom stereocenters. The van der Waals surface area contributed by atoms with Crippen LogP contribution in [0.4, 0.5) is 0 Å². The number of benzene rings is 2. The van der Waals surface area contributed by atoms with Crippen molar-refractivity contribution in [2.75, 3.05) is 7.11 Å². The van der Waals surface area contributed by atoms with Crippen molar-refractivity contribution in [3.8, 4) is 11.5 Å². The van der Waals surface area contributed by atoms with E-state index in [1.165, 1.54) is 13.2 Å². The molecular formula is C18H14O4. The second-order valence-electron chi connectivity index (χ2n) is 4.80. The van der Waals surface area contributed by atoms with Crippen LogP contribution in [0.15, 0.2) is 60.2 Å². The van der Waals surface area contributed by atoms with Crippen LogP contribution in [0.3, 0.4) is 0 Å². The van der Waals surface area contributed by atoms with Crippen molar-refractivity contribution in [1.82, 2.24) is 0 Å². The van der Waals surface area contributed by atoms with Gasteiger partial charge in [-0.05, 0) is 29.8 Å². The summed E-state index contributed by atoms with van der Waals surface area (Å²) in [5.74, 6) is 0.542. The van der Waals surface area contributed by atoms with Crippen LogP contribution in [0, 0.1) is 0 Å². The van der Waals surface area contributed by atoms with Crippen LogP contribution < -0.4 is 4.74 Å². The highest BCUT2D eigenvalue weighted by molar-refractivity contribution is 6.05. The topological polar surface area (TPSA) is 55.8 Å². The Labute approximate surface area is 127 Å². The Balaban J connectivity index is 1.94. The Morgan fingerprint density at radius 2 is 1.91 bits per heavy atom. The van der Waals surface area contributed by atoms with Gasteiger partial charge < -0.3 is 14.6 Å². The van der Waals surface area contributed by atoms with Crippen LogP contribution in [0.2, 0.25) is 0 Å². The smallest absolute Gasteiger partial charge is 0.343 e. The number of hydrogen-bond acceptors (Lipinski definition) is 4. The molecular weight excluding hydrogens is 280 g/mol. The number of esters is 1. The van der Waals surface area contributed by atoms with Crippen LogP contribution in [-0.4, -0.2) is 18.2 Å². The molecule has 4 nitrogen and oxygen atoms in total. The molecule has 110 valence electrons. The third-order valence-electron chi connectivity index (χ3n) is 3.31. The first-order chi connectivity index (χ1) is 10.7. The standard InChI is InChI=1S/C18H14O4/c1-21-17-10-12(7-8-15(17)19)9-14-11-16(22-18(14)20)13-5-3-2-4-6-13/h2-11,19H,1H3/b14-9+. The molecule has 0 amide bonds. The van der Waals surface area contributed by atoms with Gasteiger partial charge in [0.2, 0.25) is 0 Å². The van der Waals surface area contributed by atoms with Crippen molar-refractivity contribution < 1.29 is 19.4 Å². The SMILES string of the molecule is COc1cc(/C=C2\C=C(c3ccccc3)OC2=O)ccc1O. The fourth-order valence-electron chi connectivity index (χ4n) is 2.20. The highest BCUT2D eigenvalue weighted by Crippen LogP contribution is 2.30.